The van der Waals surface area contributed by atoms with Crippen molar-refractivity contribution >= 4 is 16.8 Å². The molecule has 41 heavy (non-hydrogen) atoms. The van der Waals surface area contributed by atoms with Gasteiger partial charge in [0.2, 0.25) is 5.91 Å². The van der Waals surface area contributed by atoms with E-state index in [-0.39, 0.29) is 24.3 Å². The lowest BCUT2D eigenvalue weighted by atomic mass is 9.97. The van der Waals surface area contributed by atoms with Crippen LogP contribution in [0.25, 0.3) is 33.5 Å². The summed E-state index contributed by atoms with van der Waals surface area (Å²) in [4.78, 5) is 28.7. The lowest BCUT2D eigenvalue weighted by Crippen LogP contribution is -2.56. The van der Waals surface area contributed by atoms with Crippen molar-refractivity contribution < 1.29 is 15.0 Å². The molecule has 0 unspecified atom stereocenters. The minimum atomic E-state index is -0.223. The minimum Gasteiger partial charge on any atom is -0.508 e. The Morgan fingerprint density at radius 2 is 1.90 bits per heavy atom. The number of aromatic hydroxyl groups is 1. The maximum absolute atomic E-state index is 13.7. The number of amides is 1. The highest BCUT2D eigenvalue weighted by Crippen LogP contribution is 2.33. The first-order chi connectivity index (χ1) is 20.0. The van der Waals surface area contributed by atoms with Gasteiger partial charge >= 0.3 is 0 Å². The van der Waals surface area contributed by atoms with Crippen LogP contribution in [0.3, 0.4) is 0 Å². The number of hydrogen-bond acceptors (Lipinski definition) is 7. The number of imidazole rings is 1. The van der Waals surface area contributed by atoms with E-state index >= 15 is 0 Å². The van der Waals surface area contributed by atoms with Crippen molar-refractivity contribution in [2.45, 2.75) is 45.7 Å². The van der Waals surface area contributed by atoms with Crippen LogP contribution in [-0.4, -0.2) is 103 Å². The first-order valence-corrected chi connectivity index (χ1v) is 14.7. The highest BCUT2D eigenvalue weighted by molar-refractivity contribution is 5.94. The van der Waals surface area contributed by atoms with Gasteiger partial charge < -0.3 is 20.1 Å². The van der Waals surface area contributed by atoms with E-state index in [4.69, 9.17) is 4.98 Å². The lowest BCUT2D eigenvalue weighted by Gasteiger charge is -2.40. The molecule has 4 heterocycles. The number of aliphatic hydroxyl groups is 1. The van der Waals surface area contributed by atoms with Crippen molar-refractivity contribution in [2.24, 2.45) is 0 Å². The second-order valence-corrected chi connectivity index (χ2v) is 11.1. The number of phenols is 1. The zero-order valence-electron chi connectivity index (χ0n) is 23.9. The topological polar surface area (TPSA) is 125 Å². The first kappa shape index (κ1) is 27.4. The van der Waals surface area contributed by atoms with Gasteiger partial charge in [0.15, 0.2) is 5.82 Å². The Kier molecular flexibility index (Phi) is 7.79. The van der Waals surface area contributed by atoms with Crippen molar-refractivity contribution in [3.8, 4) is 28.4 Å². The maximum Gasteiger partial charge on any atom is 0.240 e. The van der Waals surface area contributed by atoms with Crippen molar-refractivity contribution in [3.05, 3.63) is 53.3 Å². The molecule has 1 saturated heterocycles. The molecule has 0 bridgehead atoms. The summed E-state index contributed by atoms with van der Waals surface area (Å²) in [6.45, 7) is 9.53. The molecule has 0 spiro atoms. The number of aromatic nitrogens is 4. The quantitative estimate of drug-likeness (QED) is 0.262. The van der Waals surface area contributed by atoms with Crippen LogP contribution in [0.2, 0.25) is 0 Å². The van der Waals surface area contributed by atoms with Crippen LogP contribution in [-0.2, 0) is 24.2 Å². The van der Waals surface area contributed by atoms with Gasteiger partial charge in [-0.25, -0.2) is 4.98 Å². The molecule has 0 aliphatic carbocycles. The number of nitrogens with zero attached hydrogens (tertiary/aromatic N) is 5. The standard InChI is InChI=1S/C31H39N7O3/c1-3-9-38-19-27-26(18-28(38)31(41)37-12-10-36(11-13-37)14-15-39)32-30(33-27)29-24-7-5-21(17-25(24)34-35-29)23-8-6-22(40)16-20(23)4-2/h5-8,16-17,28,39-40H,3-4,9-15,18-19H2,1-2H3,(H,32,33)(H,34,35)/t28-/m0/s1. The normalized spacial score (nSPS) is 18.2. The Morgan fingerprint density at radius 3 is 2.66 bits per heavy atom. The van der Waals surface area contributed by atoms with E-state index in [0.717, 1.165) is 83.0 Å². The molecule has 0 radical (unpaired) electrons. The van der Waals surface area contributed by atoms with Gasteiger partial charge in [-0.05, 0) is 60.3 Å². The number of rotatable bonds is 8. The Hall–Kier alpha value is -3.73. The molecule has 0 saturated carbocycles. The molecular formula is C31H39N7O3. The zero-order valence-corrected chi connectivity index (χ0v) is 23.9. The molecule has 1 fully saturated rings. The van der Waals surface area contributed by atoms with Crippen LogP contribution < -0.4 is 0 Å². The van der Waals surface area contributed by atoms with E-state index in [0.29, 0.717) is 32.6 Å². The van der Waals surface area contributed by atoms with Crippen molar-refractivity contribution in [1.82, 2.24) is 34.9 Å². The zero-order chi connectivity index (χ0) is 28.5. The molecule has 6 rings (SSSR count). The third-order valence-corrected chi connectivity index (χ3v) is 8.52. The van der Waals surface area contributed by atoms with Gasteiger partial charge in [-0.1, -0.05) is 26.0 Å². The summed E-state index contributed by atoms with van der Waals surface area (Å²) in [5.41, 5.74) is 6.94. The lowest BCUT2D eigenvalue weighted by molar-refractivity contribution is -0.139. The summed E-state index contributed by atoms with van der Waals surface area (Å²) in [5.74, 6) is 1.17. The molecule has 2 aliphatic heterocycles. The predicted octanol–water partition coefficient (Wildman–Crippen LogP) is 3.16. The Bertz CT molecular complexity index is 1540. The maximum atomic E-state index is 13.7. The van der Waals surface area contributed by atoms with Crippen LogP contribution in [0.4, 0.5) is 0 Å². The van der Waals surface area contributed by atoms with Gasteiger partial charge in [-0.2, -0.15) is 5.10 Å². The summed E-state index contributed by atoms with van der Waals surface area (Å²) in [7, 11) is 0. The number of carbonyl (C=O) groups excluding carboxylic acids is 1. The van der Waals surface area contributed by atoms with Crippen molar-refractivity contribution in [1.29, 1.82) is 0 Å². The summed E-state index contributed by atoms with van der Waals surface area (Å²) in [6.07, 6.45) is 2.37. The molecule has 2 aromatic carbocycles. The number of piperazine rings is 1. The van der Waals surface area contributed by atoms with Gasteiger partial charge in [-0.3, -0.25) is 19.7 Å². The van der Waals surface area contributed by atoms with Gasteiger partial charge in [0, 0.05) is 51.1 Å². The van der Waals surface area contributed by atoms with Crippen LogP contribution in [0, 0.1) is 0 Å². The smallest absolute Gasteiger partial charge is 0.240 e. The molecule has 1 atom stereocenters. The number of phenolic OH excluding ortho intramolecular Hbond substituents is 1. The number of β-amino-alcohol motifs (C(OH)–C–C–N with tert-alkyl or cyclic N) is 1. The summed E-state index contributed by atoms with van der Waals surface area (Å²) >= 11 is 0. The second-order valence-electron chi connectivity index (χ2n) is 11.1. The fourth-order valence-electron chi connectivity index (χ4n) is 6.31. The molecule has 10 heteroatoms. The summed E-state index contributed by atoms with van der Waals surface area (Å²) < 4.78 is 0. The average Bonchev–Trinajstić information content (AvgIpc) is 3.60. The highest BCUT2D eigenvalue weighted by Gasteiger charge is 2.36. The van der Waals surface area contributed by atoms with Crippen molar-refractivity contribution in [2.75, 3.05) is 45.9 Å². The van der Waals surface area contributed by atoms with Gasteiger partial charge in [0.1, 0.15) is 11.4 Å². The molecule has 4 N–H and O–H groups in total. The molecule has 2 aliphatic rings. The van der Waals surface area contributed by atoms with E-state index in [1.54, 1.807) is 6.07 Å². The fourth-order valence-corrected chi connectivity index (χ4v) is 6.31. The SMILES string of the molecule is CCCN1Cc2[nH]c(-c3n[nH]c4cc(-c5ccc(O)cc5CC)ccc34)nc2C[C@H]1C(=O)N1CCN(CCO)CC1. The average molecular weight is 558 g/mol. The number of aliphatic hydroxyl groups excluding tert-OH is 1. The highest BCUT2D eigenvalue weighted by atomic mass is 16.3. The number of fused-ring (bicyclic) bond motifs is 2. The predicted molar refractivity (Wildman–Crippen MR) is 158 cm³/mol. The van der Waals surface area contributed by atoms with E-state index < -0.39 is 0 Å². The molecule has 1 amide bonds. The largest absolute Gasteiger partial charge is 0.508 e. The van der Waals surface area contributed by atoms with E-state index in [2.05, 4.69) is 57.0 Å². The van der Waals surface area contributed by atoms with Gasteiger partial charge in [0.25, 0.3) is 0 Å². The number of aryl methyl sites for hydroxylation is 1. The molecule has 216 valence electrons. The Balaban J connectivity index is 1.25. The fraction of sp³-hybridized carbons (Fsp3) is 0.452. The monoisotopic (exact) mass is 557 g/mol. The molecule has 10 nitrogen and oxygen atoms in total. The Morgan fingerprint density at radius 1 is 1.07 bits per heavy atom. The number of aromatic amines is 2. The van der Waals surface area contributed by atoms with E-state index in [9.17, 15) is 15.0 Å². The van der Waals surface area contributed by atoms with Gasteiger partial charge in [-0.15, -0.1) is 0 Å². The molecular weight excluding hydrogens is 518 g/mol. The second kappa shape index (κ2) is 11.6. The summed E-state index contributed by atoms with van der Waals surface area (Å²) in [6, 6.07) is 11.5. The number of H-pyrrole nitrogens is 2. The minimum absolute atomic E-state index is 0.149. The molecule has 4 aromatic rings. The number of benzene rings is 2. The third kappa shape index (κ3) is 5.35. The van der Waals surface area contributed by atoms with E-state index in [1.807, 2.05) is 17.0 Å². The molecule has 2 aromatic heterocycles. The van der Waals surface area contributed by atoms with Crippen LogP contribution in [0.15, 0.2) is 36.4 Å². The Labute approximate surface area is 240 Å². The third-order valence-electron chi connectivity index (χ3n) is 8.52. The number of hydrogen-bond donors (Lipinski definition) is 4. The van der Waals surface area contributed by atoms with Crippen LogP contribution in [0.5, 0.6) is 5.75 Å². The number of carbonyl (C=O) groups is 1. The van der Waals surface area contributed by atoms with Gasteiger partial charge in [0.05, 0.1) is 29.6 Å². The van der Waals surface area contributed by atoms with Crippen molar-refractivity contribution in [3.63, 3.8) is 0 Å². The van der Waals surface area contributed by atoms with Crippen LogP contribution in [0.1, 0.15) is 37.2 Å². The first-order valence-electron chi connectivity index (χ1n) is 14.7. The van der Waals surface area contributed by atoms with E-state index in [1.165, 1.54) is 0 Å². The summed E-state index contributed by atoms with van der Waals surface area (Å²) in [5, 5.41) is 28.0. The van der Waals surface area contributed by atoms with Crippen LogP contribution >= 0.6 is 0 Å². The number of nitrogens with one attached hydrogen (secondary N) is 2.